The molecule has 0 amide bonds. The molecule has 0 fully saturated rings. The van der Waals surface area contributed by atoms with Crippen LogP contribution < -0.4 is 0 Å². The van der Waals surface area contributed by atoms with E-state index in [0.717, 1.165) is 22.6 Å². The van der Waals surface area contributed by atoms with Crippen LogP contribution in [0.15, 0.2) is 170 Å². The number of nitrogens with zero attached hydrogens (tertiary/aromatic N) is 3. The molecule has 0 unspecified atom stereocenters. The van der Waals surface area contributed by atoms with Gasteiger partial charge >= 0.3 is 0 Å². The van der Waals surface area contributed by atoms with Gasteiger partial charge in [0.15, 0.2) is 0 Å². The lowest BCUT2D eigenvalue weighted by molar-refractivity contribution is 0.590. The van der Waals surface area contributed by atoms with Gasteiger partial charge in [0.1, 0.15) is 0 Å². The van der Waals surface area contributed by atoms with Crippen LogP contribution in [0.4, 0.5) is 0 Å². The highest BCUT2D eigenvalue weighted by molar-refractivity contribution is 6.12. The smallest absolute Gasteiger partial charge is 0.0544 e. The van der Waals surface area contributed by atoms with E-state index in [4.69, 9.17) is 0 Å². The monoisotopic (exact) mass is 817 g/mol. The predicted octanol–water partition coefficient (Wildman–Crippen LogP) is 16.5. The number of fused-ring (bicyclic) bond motifs is 9. The topological polar surface area (TPSA) is 14.8 Å². The van der Waals surface area contributed by atoms with Gasteiger partial charge < -0.3 is 13.7 Å². The van der Waals surface area contributed by atoms with Crippen LogP contribution in [0.25, 0.3) is 93.6 Å². The minimum Gasteiger partial charge on any atom is -0.309 e. The SMILES string of the molecule is CC(C)(C)c1ccc2c3ccccc3n(-c3cccc(-c4cc(-n5c6ccccc6c6ccc(C(C)(C)C)cc65)cc(-n5c6ccccc6c6ccc(C(C)(C)C)cc65)c4)c3)c2c1. The van der Waals surface area contributed by atoms with E-state index in [1.165, 1.54) is 87.7 Å². The zero-order chi connectivity index (χ0) is 43.6. The first kappa shape index (κ1) is 39.0. The highest BCUT2D eigenvalue weighted by Gasteiger charge is 2.23. The molecular weight excluding hydrogens is 763 g/mol. The molecule has 0 N–H and O–H groups in total. The van der Waals surface area contributed by atoms with Crippen LogP contribution in [0, 0.1) is 0 Å². The normalized spacial score (nSPS) is 12.8. The molecule has 11 rings (SSSR count). The van der Waals surface area contributed by atoms with Gasteiger partial charge in [-0.25, -0.2) is 0 Å². The molecule has 0 spiro atoms. The summed E-state index contributed by atoms with van der Waals surface area (Å²) in [4.78, 5) is 0. The minimum atomic E-state index is -0.00287. The Bertz CT molecular complexity index is 3470. The van der Waals surface area contributed by atoms with Crippen molar-refractivity contribution in [1.82, 2.24) is 13.7 Å². The third-order valence-corrected chi connectivity index (χ3v) is 13.5. The van der Waals surface area contributed by atoms with E-state index < -0.39 is 0 Å². The van der Waals surface area contributed by atoms with Crippen molar-refractivity contribution in [2.24, 2.45) is 0 Å². The van der Waals surface area contributed by atoms with Gasteiger partial charge in [-0.05, 0) is 111 Å². The molecule has 8 aromatic carbocycles. The Balaban J connectivity index is 1.22. The lowest BCUT2D eigenvalue weighted by Crippen LogP contribution is -2.11. The molecule has 0 aliphatic carbocycles. The summed E-state index contributed by atoms with van der Waals surface area (Å²) in [5.74, 6) is 0. The molecule has 3 heteroatoms. The Labute approximate surface area is 370 Å². The number of hydrogen-bond donors (Lipinski definition) is 0. The van der Waals surface area contributed by atoms with E-state index in [1.807, 2.05) is 0 Å². The fourth-order valence-corrected chi connectivity index (χ4v) is 9.99. The average Bonchev–Trinajstić information content (AvgIpc) is 3.90. The van der Waals surface area contributed by atoms with Crippen LogP contribution in [-0.4, -0.2) is 13.7 Å². The van der Waals surface area contributed by atoms with Crippen molar-refractivity contribution in [3.63, 3.8) is 0 Å². The van der Waals surface area contributed by atoms with Gasteiger partial charge in [0, 0.05) is 49.4 Å². The summed E-state index contributed by atoms with van der Waals surface area (Å²) in [5.41, 5.74) is 17.0. The van der Waals surface area contributed by atoms with E-state index in [9.17, 15) is 0 Å². The van der Waals surface area contributed by atoms with Gasteiger partial charge in [0.05, 0.1) is 33.1 Å². The maximum absolute atomic E-state index is 2.51. The molecule has 0 bridgehead atoms. The first-order valence-corrected chi connectivity index (χ1v) is 22.5. The van der Waals surface area contributed by atoms with Crippen LogP contribution in [0.5, 0.6) is 0 Å². The van der Waals surface area contributed by atoms with Crippen molar-refractivity contribution in [3.8, 4) is 28.2 Å². The highest BCUT2D eigenvalue weighted by atomic mass is 15.0. The molecule has 3 heterocycles. The lowest BCUT2D eigenvalue weighted by atomic mass is 9.86. The third-order valence-electron chi connectivity index (χ3n) is 13.5. The zero-order valence-corrected chi connectivity index (χ0v) is 38.0. The maximum Gasteiger partial charge on any atom is 0.0544 e. The molecule has 0 aliphatic heterocycles. The van der Waals surface area contributed by atoms with Crippen molar-refractivity contribution in [2.75, 3.05) is 0 Å². The number of hydrogen-bond acceptors (Lipinski definition) is 0. The molecule has 310 valence electrons. The first-order valence-electron chi connectivity index (χ1n) is 22.5. The Morgan fingerprint density at radius 2 is 0.587 bits per heavy atom. The van der Waals surface area contributed by atoms with Gasteiger partial charge in [-0.3, -0.25) is 0 Å². The highest BCUT2D eigenvalue weighted by Crippen LogP contribution is 2.41. The number of para-hydroxylation sites is 3. The van der Waals surface area contributed by atoms with Gasteiger partial charge in [-0.1, -0.05) is 165 Å². The van der Waals surface area contributed by atoms with E-state index >= 15 is 0 Å². The summed E-state index contributed by atoms with van der Waals surface area (Å²) in [5, 5.41) is 7.59. The second-order valence-electron chi connectivity index (χ2n) is 20.8. The Hall–Kier alpha value is -6.84. The van der Waals surface area contributed by atoms with Gasteiger partial charge in [-0.2, -0.15) is 0 Å². The molecule has 11 aromatic rings. The van der Waals surface area contributed by atoms with Crippen molar-refractivity contribution in [1.29, 1.82) is 0 Å². The summed E-state index contributed by atoms with van der Waals surface area (Å²) < 4.78 is 7.48. The molecule has 3 nitrogen and oxygen atoms in total. The molecule has 0 radical (unpaired) electrons. The number of rotatable bonds is 4. The summed E-state index contributed by atoms with van der Waals surface area (Å²) in [6, 6.07) is 64.2. The van der Waals surface area contributed by atoms with E-state index in [0.29, 0.717) is 0 Å². The Kier molecular flexibility index (Phi) is 8.57. The molecule has 0 saturated carbocycles. The third kappa shape index (κ3) is 6.31. The predicted molar refractivity (Wildman–Crippen MR) is 271 cm³/mol. The molecule has 0 saturated heterocycles. The summed E-state index contributed by atoms with van der Waals surface area (Å²) in [6.45, 7) is 20.7. The lowest BCUT2D eigenvalue weighted by Gasteiger charge is -2.21. The number of benzene rings is 8. The Morgan fingerprint density at radius 3 is 0.968 bits per heavy atom. The van der Waals surface area contributed by atoms with Gasteiger partial charge in [0.2, 0.25) is 0 Å². The van der Waals surface area contributed by atoms with Crippen molar-refractivity contribution in [3.05, 3.63) is 187 Å². The fourth-order valence-electron chi connectivity index (χ4n) is 9.99. The minimum absolute atomic E-state index is 0.00287. The van der Waals surface area contributed by atoms with Crippen LogP contribution in [0.1, 0.15) is 79.0 Å². The first-order chi connectivity index (χ1) is 30.1. The van der Waals surface area contributed by atoms with Crippen LogP contribution in [-0.2, 0) is 16.2 Å². The van der Waals surface area contributed by atoms with Crippen LogP contribution in [0.2, 0.25) is 0 Å². The van der Waals surface area contributed by atoms with Crippen LogP contribution in [0.3, 0.4) is 0 Å². The van der Waals surface area contributed by atoms with E-state index in [1.54, 1.807) is 0 Å². The van der Waals surface area contributed by atoms with Gasteiger partial charge in [-0.15, -0.1) is 0 Å². The van der Waals surface area contributed by atoms with Crippen LogP contribution >= 0.6 is 0 Å². The average molecular weight is 818 g/mol. The second-order valence-corrected chi connectivity index (χ2v) is 20.8. The summed E-state index contributed by atoms with van der Waals surface area (Å²) in [7, 11) is 0. The molecule has 3 aromatic heterocycles. The second kappa shape index (κ2) is 13.8. The van der Waals surface area contributed by atoms with Gasteiger partial charge in [0.25, 0.3) is 0 Å². The fraction of sp³-hybridized carbons (Fsp3) is 0.200. The summed E-state index contributed by atoms with van der Waals surface area (Å²) >= 11 is 0. The quantitative estimate of drug-likeness (QED) is 0.168. The van der Waals surface area contributed by atoms with Crippen molar-refractivity contribution < 1.29 is 0 Å². The van der Waals surface area contributed by atoms with Crippen molar-refractivity contribution in [2.45, 2.75) is 78.6 Å². The molecule has 0 atom stereocenters. The Morgan fingerprint density at radius 1 is 0.254 bits per heavy atom. The molecular formula is C60H55N3. The van der Waals surface area contributed by atoms with Crippen molar-refractivity contribution >= 4 is 65.4 Å². The summed E-state index contributed by atoms with van der Waals surface area (Å²) in [6.07, 6.45) is 0. The van der Waals surface area contributed by atoms with E-state index in [-0.39, 0.29) is 16.2 Å². The largest absolute Gasteiger partial charge is 0.309 e. The molecule has 63 heavy (non-hydrogen) atoms. The number of aromatic nitrogens is 3. The molecule has 0 aliphatic rings. The van der Waals surface area contributed by atoms with E-state index in [2.05, 4.69) is 246 Å². The standard InChI is InChI=1S/C60H55N3/c1-58(2,3)40-25-28-49-46-19-10-13-22-52(46)61(55(49)34-40)43-18-16-17-38(31-43)39-32-44(62-53-23-14-11-20-47(53)50-29-26-41(35-56(50)62)59(4,5)6)37-45(33-39)63-54-24-15-12-21-48(54)51-30-27-42(36-57(51)63)60(7,8)9/h10-37H,1-9H3. The zero-order valence-electron chi connectivity index (χ0n) is 38.0. The maximum atomic E-state index is 2.51.